The van der Waals surface area contributed by atoms with Crippen LogP contribution >= 0.6 is 0 Å². The van der Waals surface area contributed by atoms with Crippen molar-refractivity contribution >= 4 is 17.2 Å². The van der Waals surface area contributed by atoms with Gasteiger partial charge in [0, 0.05) is 6.20 Å². The van der Waals surface area contributed by atoms with E-state index in [9.17, 15) is 4.79 Å². The molecule has 96 valence electrons. The lowest BCUT2D eigenvalue weighted by Crippen LogP contribution is -1.98. The maximum atomic E-state index is 10.6. The van der Waals surface area contributed by atoms with Crippen LogP contribution in [0, 0.1) is 0 Å². The number of aldehydes is 1. The van der Waals surface area contributed by atoms with Gasteiger partial charge in [0.2, 0.25) is 0 Å². The summed E-state index contributed by atoms with van der Waals surface area (Å²) < 4.78 is 7.61. The summed E-state index contributed by atoms with van der Waals surface area (Å²) in [5.41, 5.74) is 2.57. The third-order valence-electron chi connectivity index (χ3n) is 3.38. The van der Waals surface area contributed by atoms with Gasteiger partial charge in [-0.2, -0.15) is 0 Å². The van der Waals surface area contributed by atoms with E-state index in [0.29, 0.717) is 12.3 Å². The van der Waals surface area contributed by atoms with Crippen molar-refractivity contribution < 1.29 is 9.21 Å². The summed E-state index contributed by atoms with van der Waals surface area (Å²) in [4.78, 5) is 10.6. The second-order valence-electron chi connectivity index (χ2n) is 4.57. The van der Waals surface area contributed by atoms with Gasteiger partial charge in [0.25, 0.3) is 0 Å². The van der Waals surface area contributed by atoms with Gasteiger partial charge in [-0.1, -0.05) is 25.1 Å². The number of carbonyl (C=O) groups excluding carboxylic acids is 1. The molecule has 0 aliphatic heterocycles. The molecule has 3 nitrogen and oxygen atoms in total. The molecule has 2 heterocycles. The molecule has 19 heavy (non-hydrogen) atoms. The lowest BCUT2D eigenvalue weighted by molar-refractivity contribution is 0.109. The smallest absolute Gasteiger partial charge is 0.185 e. The molecule has 2 aromatic heterocycles. The molecular weight excluding hydrogens is 238 g/mol. The molecule has 0 unspecified atom stereocenters. The van der Waals surface area contributed by atoms with Crippen molar-refractivity contribution in [3.05, 3.63) is 59.7 Å². The van der Waals surface area contributed by atoms with E-state index in [4.69, 9.17) is 4.42 Å². The minimum absolute atomic E-state index is 0.377. The highest BCUT2D eigenvalue weighted by Crippen LogP contribution is 2.22. The van der Waals surface area contributed by atoms with Gasteiger partial charge in [-0.15, -0.1) is 0 Å². The molecule has 3 aromatic rings. The summed E-state index contributed by atoms with van der Waals surface area (Å²) in [6.07, 6.45) is 3.79. The van der Waals surface area contributed by atoms with E-state index < -0.39 is 0 Å². The van der Waals surface area contributed by atoms with Crippen molar-refractivity contribution in [1.29, 1.82) is 0 Å². The maximum Gasteiger partial charge on any atom is 0.185 e. The normalized spacial score (nSPS) is 11.0. The molecular formula is C16H15NO2. The number of fused-ring (bicyclic) bond motifs is 1. The van der Waals surface area contributed by atoms with Crippen LogP contribution in [-0.4, -0.2) is 10.9 Å². The number of aryl methyl sites for hydroxylation is 1. The third kappa shape index (κ3) is 2.08. The lowest BCUT2D eigenvalue weighted by Gasteiger charge is -2.07. The standard InChI is InChI=1S/C16H15NO2/c1-2-12-4-3-5-13-8-9-17(16(12)13)10-14-6-7-15(11-18)19-14/h3-9,11H,2,10H2,1H3. The molecule has 0 amide bonds. The quantitative estimate of drug-likeness (QED) is 0.665. The Morgan fingerprint density at radius 2 is 2.11 bits per heavy atom. The molecule has 0 saturated carbocycles. The molecule has 0 atom stereocenters. The summed E-state index contributed by atoms with van der Waals surface area (Å²) in [6, 6.07) is 12.0. The molecule has 3 rings (SSSR count). The van der Waals surface area contributed by atoms with E-state index in [1.165, 1.54) is 16.5 Å². The number of rotatable bonds is 4. The molecule has 0 saturated heterocycles. The maximum absolute atomic E-state index is 10.6. The van der Waals surface area contributed by atoms with Gasteiger partial charge in [-0.25, -0.2) is 0 Å². The van der Waals surface area contributed by atoms with E-state index in [1.807, 2.05) is 6.07 Å². The second-order valence-corrected chi connectivity index (χ2v) is 4.57. The highest BCUT2D eigenvalue weighted by molar-refractivity contribution is 5.83. The summed E-state index contributed by atoms with van der Waals surface area (Å²) in [5, 5.41) is 1.24. The number of carbonyl (C=O) groups is 1. The van der Waals surface area contributed by atoms with Gasteiger partial charge in [0.1, 0.15) is 5.76 Å². The van der Waals surface area contributed by atoms with Crippen LogP contribution in [0.2, 0.25) is 0 Å². The van der Waals surface area contributed by atoms with Crippen molar-refractivity contribution in [2.24, 2.45) is 0 Å². The molecule has 0 fully saturated rings. The highest BCUT2D eigenvalue weighted by atomic mass is 16.3. The van der Waals surface area contributed by atoms with Crippen LogP contribution in [0.25, 0.3) is 10.9 Å². The Balaban J connectivity index is 2.03. The van der Waals surface area contributed by atoms with Crippen LogP contribution in [0.5, 0.6) is 0 Å². The SMILES string of the molecule is CCc1cccc2ccn(Cc3ccc(C=O)o3)c12. The third-order valence-corrected chi connectivity index (χ3v) is 3.38. The Morgan fingerprint density at radius 1 is 1.21 bits per heavy atom. The van der Waals surface area contributed by atoms with E-state index in [0.717, 1.165) is 18.5 Å². The monoisotopic (exact) mass is 253 g/mol. The fourth-order valence-corrected chi connectivity index (χ4v) is 2.47. The molecule has 0 N–H and O–H groups in total. The first-order valence-corrected chi connectivity index (χ1v) is 6.42. The molecule has 0 bridgehead atoms. The Morgan fingerprint density at radius 3 is 2.84 bits per heavy atom. The Hall–Kier alpha value is -2.29. The van der Waals surface area contributed by atoms with Crippen LogP contribution in [0.15, 0.2) is 47.0 Å². The van der Waals surface area contributed by atoms with Crippen molar-refractivity contribution in [2.75, 3.05) is 0 Å². The minimum Gasteiger partial charge on any atom is -0.456 e. The van der Waals surface area contributed by atoms with Gasteiger partial charge < -0.3 is 8.98 Å². The number of nitrogens with zero attached hydrogens (tertiary/aromatic N) is 1. The first-order valence-electron chi connectivity index (χ1n) is 6.42. The highest BCUT2D eigenvalue weighted by Gasteiger charge is 2.08. The zero-order valence-corrected chi connectivity index (χ0v) is 10.8. The first kappa shape index (κ1) is 11.8. The molecule has 0 aliphatic carbocycles. The van der Waals surface area contributed by atoms with Crippen molar-refractivity contribution in [2.45, 2.75) is 19.9 Å². The zero-order chi connectivity index (χ0) is 13.2. The number of hydrogen-bond acceptors (Lipinski definition) is 2. The molecule has 0 radical (unpaired) electrons. The fraction of sp³-hybridized carbons (Fsp3) is 0.188. The van der Waals surface area contributed by atoms with Crippen molar-refractivity contribution in [1.82, 2.24) is 4.57 Å². The van der Waals surface area contributed by atoms with E-state index >= 15 is 0 Å². The number of furan rings is 1. The summed E-state index contributed by atoms with van der Waals surface area (Å²) in [5.74, 6) is 1.17. The average molecular weight is 253 g/mol. The average Bonchev–Trinajstić information content (AvgIpc) is 3.06. The second kappa shape index (κ2) is 4.76. The molecule has 1 aromatic carbocycles. The number of aromatic nitrogens is 1. The van der Waals surface area contributed by atoms with Gasteiger partial charge in [0.05, 0.1) is 12.1 Å². The molecule has 0 spiro atoms. The Kier molecular flexibility index (Phi) is 2.95. The Labute approximate surface area is 111 Å². The Bertz CT molecular complexity index is 721. The first-order chi connectivity index (χ1) is 9.31. The topological polar surface area (TPSA) is 35.1 Å². The fourth-order valence-electron chi connectivity index (χ4n) is 2.47. The predicted octanol–water partition coefficient (Wildman–Crippen LogP) is 3.66. The van der Waals surface area contributed by atoms with Gasteiger partial charge in [-0.05, 0) is 35.6 Å². The zero-order valence-electron chi connectivity index (χ0n) is 10.8. The number of hydrogen-bond donors (Lipinski definition) is 0. The number of benzene rings is 1. The summed E-state index contributed by atoms with van der Waals surface area (Å²) in [7, 11) is 0. The lowest BCUT2D eigenvalue weighted by atomic mass is 10.1. The number of para-hydroxylation sites is 1. The molecule has 0 aliphatic rings. The summed E-state index contributed by atoms with van der Waals surface area (Å²) >= 11 is 0. The van der Waals surface area contributed by atoms with Crippen LogP contribution in [0.1, 0.15) is 28.8 Å². The molecule has 3 heteroatoms. The van der Waals surface area contributed by atoms with Crippen LogP contribution in [0.4, 0.5) is 0 Å². The minimum atomic E-state index is 0.377. The van der Waals surface area contributed by atoms with Crippen molar-refractivity contribution in [3.63, 3.8) is 0 Å². The van der Waals surface area contributed by atoms with Gasteiger partial charge >= 0.3 is 0 Å². The van der Waals surface area contributed by atoms with E-state index in [2.05, 4.69) is 42.0 Å². The van der Waals surface area contributed by atoms with Crippen LogP contribution < -0.4 is 0 Å². The summed E-state index contributed by atoms with van der Waals surface area (Å²) in [6.45, 7) is 2.80. The van der Waals surface area contributed by atoms with Crippen LogP contribution in [-0.2, 0) is 13.0 Å². The van der Waals surface area contributed by atoms with Gasteiger partial charge in [-0.3, -0.25) is 4.79 Å². The predicted molar refractivity (Wildman–Crippen MR) is 74.5 cm³/mol. The van der Waals surface area contributed by atoms with E-state index in [1.54, 1.807) is 6.07 Å². The largest absolute Gasteiger partial charge is 0.456 e. The van der Waals surface area contributed by atoms with Crippen LogP contribution in [0.3, 0.4) is 0 Å². The van der Waals surface area contributed by atoms with Gasteiger partial charge in [0.15, 0.2) is 12.0 Å². The van der Waals surface area contributed by atoms with Crippen molar-refractivity contribution in [3.8, 4) is 0 Å². The van der Waals surface area contributed by atoms with E-state index in [-0.39, 0.29) is 0 Å².